The lowest BCUT2D eigenvalue weighted by molar-refractivity contribution is 0.287. The molecule has 0 aromatic heterocycles. The van der Waals surface area contributed by atoms with Crippen LogP contribution in [0, 0.1) is 5.92 Å². The van der Waals surface area contributed by atoms with Crippen LogP contribution < -0.4 is 0 Å². The number of hydrogen-bond donors (Lipinski definition) is 1. The van der Waals surface area contributed by atoms with E-state index in [0.717, 1.165) is 11.5 Å². The number of rotatable bonds is 3. The molecule has 0 radical (unpaired) electrons. The summed E-state index contributed by atoms with van der Waals surface area (Å²) < 4.78 is 5.52. The molecule has 0 saturated carbocycles. The van der Waals surface area contributed by atoms with Crippen molar-refractivity contribution >= 4 is 5.90 Å². The molecule has 1 N–H and O–H groups in total. The van der Waals surface area contributed by atoms with Gasteiger partial charge in [0.05, 0.1) is 12.5 Å². The van der Waals surface area contributed by atoms with E-state index in [1.807, 2.05) is 18.2 Å². The second kappa shape index (κ2) is 4.56. The molecule has 0 bridgehead atoms. The summed E-state index contributed by atoms with van der Waals surface area (Å²) >= 11 is 0. The average Bonchev–Trinajstić information content (AvgIpc) is 2.70. The quantitative estimate of drug-likeness (QED) is 0.848. The van der Waals surface area contributed by atoms with Gasteiger partial charge in [-0.15, -0.1) is 0 Å². The molecule has 86 valence electrons. The van der Waals surface area contributed by atoms with Crippen LogP contribution in [0.1, 0.15) is 19.4 Å². The van der Waals surface area contributed by atoms with Crippen LogP contribution in [-0.4, -0.2) is 23.7 Å². The van der Waals surface area contributed by atoms with Crippen molar-refractivity contribution < 1.29 is 9.84 Å². The fourth-order valence-electron chi connectivity index (χ4n) is 1.70. The Bertz CT molecular complexity index is 399. The number of aliphatic imine (C=N–C) groups is 1. The minimum atomic E-state index is 0.265. The Labute approximate surface area is 95.8 Å². The van der Waals surface area contributed by atoms with Crippen molar-refractivity contribution in [3.63, 3.8) is 0 Å². The van der Waals surface area contributed by atoms with Gasteiger partial charge in [0.25, 0.3) is 0 Å². The van der Waals surface area contributed by atoms with E-state index < -0.39 is 0 Å². The molecule has 0 unspecified atom stereocenters. The molecule has 1 atom stereocenters. The molecule has 16 heavy (non-hydrogen) atoms. The van der Waals surface area contributed by atoms with E-state index in [4.69, 9.17) is 4.74 Å². The number of hydrogen-bond acceptors (Lipinski definition) is 3. The highest BCUT2D eigenvalue weighted by atomic mass is 16.5. The molecule has 0 saturated heterocycles. The third-order valence-corrected chi connectivity index (χ3v) is 2.83. The maximum Gasteiger partial charge on any atom is 0.188 e. The monoisotopic (exact) mass is 219 g/mol. The molecule has 3 nitrogen and oxygen atoms in total. The van der Waals surface area contributed by atoms with Crippen molar-refractivity contribution in [3.8, 4) is 5.75 Å². The summed E-state index contributed by atoms with van der Waals surface area (Å²) in [7, 11) is 0. The molecule has 1 aromatic rings. The molecule has 0 amide bonds. The Hall–Kier alpha value is -1.51. The Morgan fingerprint density at radius 3 is 2.81 bits per heavy atom. The smallest absolute Gasteiger partial charge is 0.188 e. The van der Waals surface area contributed by atoms with E-state index >= 15 is 0 Å². The second-order valence-electron chi connectivity index (χ2n) is 4.45. The van der Waals surface area contributed by atoms with E-state index in [2.05, 4.69) is 18.8 Å². The molecule has 0 fully saturated rings. The van der Waals surface area contributed by atoms with Gasteiger partial charge in [-0.3, -0.25) is 0 Å². The van der Waals surface area contributed by atoms with Gasteiger partial charge in [0, 0.05) is 5.56 Å². The first-order valence-electron chi connectivity index (χ1n) is 5.63. The van der Waals surface area contributed by atoms with Gasteiger partial charge in [-0.2, -0.15) is 0 Å². The minimum Gasteiger partial charge on any atom is -0.508 e. The van der Waals surface area contributed by atoms with Crippen LogP contribution in [-0.2, 0) is 11.2 Å². The van der Waals surface area contributed by atoms with Crippen LogP contribution >= 0.6 is 0 Å². The first-order chi connectivity index (χ1) is 7.66. The Balaban J connectivity index is 2.07. The Morgan fingerprint density at radius 2 is 2.19 bits per heavy atom. The predicted octanol–water partition coefficient (Wildman–Crippen LogP) is 2.39. The number of benzene rings is 1. The maximum atomic E-state index is 9.64. The van der Waals surface area contributed by atoms with Crippen molar-refractivity contribution in [1.82, 2.24) is 0 Å². The van der Waals surface area contributed by atoms with E-state index in [1.165, 1.54) is 0 Å². The molecule has 1 aliphatic heterocycles. The van der Waals surface area contributed by atoms with Crippen LogP contribution in [0.2, 0.25) is 0 Å². The van der Waals surface area contributed by atoms with E-state index in [-0.39, 0.29) is 6.04 Å². The molecule has 1 aliphatic rings. The van der Waals surface area contributed by atoms with Gasteiger partial charge < -0.3 is 9.84 Å². The van der Waals surface area contributed by atoms with Gasteiger partial charge in [0.15, 0.2) is 5.90 Å². The van der Waals surface area contributed by atoms with Crippen LogP contribution in [0.25, 0.3) is 0 Å². The highest BCUT2D eigenvalue weighted by Gasteiger charge is 2.22. The summed E-state index contributed by atoms with van der Waals surface area (Å²) in [6.45, 7) is 4.95. The van der Waals surface area contributed by atoms with Crippen LogP contribution in [0.15, 0.2) is 29.3 Å². The molecular formula is C13H17NO2. The molecule has 2 rings (SSSR count). The summed E-state index contributed by atoms with van der Waals surface area (Å²) in [4.78, 5) is 4.51. The highest BCUT2D eigenvalue weighted by Crippen LogP contribution is 2.20. The number of phenols is 1. The van der Waals surface area contributed by atoms with Crippen molar-refractivity contribution in [2.75, 3.05) is 6.61 Å². The number of aromatic hydroxyl groups is 1. The molecule has 0 spiro atoms. The highest BCUT2D eigenvalue weighted by molar-refractivity contribution is 5.80. The summed E-state index contributed by atoms with van der Waals surface area (Å²) in [6, 6.07) is 7.56. The zero-order chi connectivity index (χ0) is 11.5. The maximum absolute atomic E-state index is 9.64. The average molecular weight is 219 g/mol. The largest absolute Gasteiger partial charge is 0.508 e. The standard InChI is InChI=1S/C13H17NO2/c1-9(2)11-8-16-13(14-11)7-10-5-3-4-6-12(10)15/h3-6,9,11,15H,7-8H2,1-2H3/t11-/m1/s1. The molecular weight excluding hydrogens is 202 g/mol. The zero-order valence-corrected chi connectivity index (χ0v) is 9.68. The van der Waals surface area contributed by atoms with E-state index in [1.54, 1.807) is 6.07 Å². The molecule has 1 aromatic carbocycles. The number of phenolic OH excluding ortho intramolecular Hbond substituents is 1. The van der Waals surface area contributed by atoms with Crippen molar-refractivity contribution in [2.24, 2.45) is 10.9 Å². The van der Waals surface area contributed by atoms with E-state index in [0.29, 0.717) is 24.7 Å². The van der Waals surface area contributed by atoms with Gasteiger partial charge in [-0.05, 0) is 12.0 Å². The minimum absolute atomic E-state index is 0.265. The normalized spacial score (nSPS) is 19.7. The SMILES string of the molecule is CC(C)[C@H]1COC(Cc2ccccc2O)=N1. The lowest BCUT2D eigenvalue weighted by atomic mass is 10.1. The van der Waals surface area contributed by atoms with Gasteiger partial charge in [-0.1, -0.05) is 32.0 Å². The predicted molar refractivity (Wildman–Crippen MR) is 63.8 cm³/mol. The molecule has 3 heteroatoms. The summed E-state index contributed by atoms with van der Waals surface area (Å²) in [6.07, 6.45) is 0.579. The summed E-state index contributed by atoms with van der Waals surface area (Å²) in [5.41, 5.74) is 0.866. The molecule has 1 heterocycles. The van der Waals surface area contributed by atoms with Crippen molar-refractivity contribution in [1.29, 1.82) is 0 Å². The zero-order valence-electron chi connectivity index (χ0n) is 9.68. The van der Waals surface area contributed by atoms with Gasteiger partial charge in [0.2, 0.25) is 0 Å². The van der Waals surface area contributed by atoms with Crippen LogP contribution in [0.4, 0.5) is 0 Å². The number of ether oxygens (including phenoxy) is 1. The lowest BCUT2D eigenvalue weighted by Gasteiger charge is -2.06. The topological polar surface area (TPSA) is 41.8 Å². The first-order valence-corrected chi connectivity index (χ1v) is 5.63. The third kappa shape index (κ3) is 2.35. The summed E-state index contributed by atoms with van der Waals surface area (Å²) in [5, 5.41) is 9.64. The summed E-state index contributed by atoms with van der Waals surface area (Å²) in [5.74, 6) is 1.55. The molecule has 0 aliphatic carbocycles. The first kappa shape index (κ1) is 11.0. The Morgan fingerprint density at radius 1 is 1.44 bits per heavy atom. The number of nitrogens with zero attached hydrogens (tertiary/aromatic N) is 1. The van der Waals surface area contributed by atoms with Crippen LogP contribution in [0.3, 0.4) is 0 Å². The lowest BCUT2D eigenvalue weighted by Crippen LogP contribution is -2.13. The Kier molecular flexibility index (Phi) is 3.13. The second-order valence-corrected chi connectivity index (χ2v) is 4.45. The van der Waals surface area contributed by atoms with Gasteiger partial charge >= 0.3 is 0 Å². The van der Waals surface area contributed by atoms with E-state index in [9.17, 15) is 5.11 Å². The number of para-hydroxylation sites is 1. The van der Waals surface area contributed by atoms with Gasteiger partial charge in [-0.25, -0.2) is 4.99 Å². The van der Waals surface area contributed by atoms with Crippen molar-refractivity contribution in [3.05, 3.63) is 29.8 Å². The van der Waals surface area contributed by atoms with Gasteiger partial charge in [0.1, 0.15) is 12.4 Å². The fraction of sp³-hybridized carbons (Fsp3) is 0.462. The van der Waals surface area contributed by atoms with Crippen LogP contribution in [0.5, 0.6) is 5.75 Å². The third-order valence-electron chi connectivity index (χ3n) is 2.83. The fourth-order valence-corrected chi connectivity index (χ4v) is 1.70. The van der Waals surface area contributed by atoms with Crippen molar-refractivity contribution in [2.45, 2.75) is 26.3 Å².